The molecule has 0 N–H and O–H groups in total. The number of hydrogen-bond donors (Lipinski definition) is 0. The van der Waals surface area contributed by atoms with Gasteiger partial charge in [-0.25, -0.2) is 8.42 Å². The van der Waals surface area contributed by atoms with Crippen LogP contribution in [0.15, 0.2) is 47.4 Å². The molecule has 0 spiro atoms. The second-order valence-corrected chi connectivity index (χ2v) is 9.63. The van der Waals surface area contributed by atoms with Gasteiger partial charge in [-0.3, -0.25) is 10.1 Å². The maximum absolute atomic E-state index is 12.8. The lowest BCUT2D eigenvalue weighted by molar-refractivity contribution is -0.384. The molecule has 0 aromatic heterocycles. The first kappa shape index (κ1) is 21.4. The first-order valence-electron chi connectivity index (χ1n) is 10.3. The van der Waals surface area contributed by atoms with E-state index >= 15 is 0 Å². The summed E-state index contributed by atoms with van der Waals surface area (Å²) in [7, 11) is -2.07. The van der Waals surface area contributed by atoms with E-state index in [0.29, 0.717) is 45.0 Å². The van der Waals surface area contributed by atoms with Crippen LogP contribution in [0, 0.1) is 10.1 Å². The molecule has 0 unspecified atom stereocenters. The van der Waals surface area contributed by atoms with Crippen LogP contribution in [0.2, 0.25) is 0 Å². The van der Waals surface area contributed by atoms with E-state index in [1.807, 2.05) is 29.2 Å². The highest BCUT2D eigenvalue weighted by Crippen LogP contribution is 2.34. The van der Waals surface area contributed by atoms with Crippen molar-refractivity contribution in [3.63, 3.8) is 0 Å². The quantitative estimate of drug-likeness (QED) is 0.497. The monoisotopic (exact) mass is 446 g/mol. The first-order chi connectivity index (χ1) is 14.9. The van der Waals surface area contributed by atoms with Crippen molar-refractivity contribution < 1.29 is 18.1 Å². The Morgan fingerprint density at radius 2 is 1.61 bits per heavy atom. The van der Waals surface area contributed by atoms with E-state index in [4.69, 9.17) is 4.74 Å². The van der Waals surface area contributed by atoms with Gasteiger partial charge >= 0.3 is 0 Å². The van der Waals surface area contributed by atoms with E-state index in [9.17, 15) is 18.5 Å². The molecule has 2 heterocycles. The minimum absolute atomic E-state index is 0.0140. The van der Waals surface area contributed by atoms with Crippen LogP contribution in [0.3, 0.4) is 0 Å². The lowest BCUT2D eigenvalue weighted by Gasteiger charge is -2.37. The Balaban J connectivity index is 1.54. The molecule has 2 aliphatic rings. The lowest BCUT2D eigenvalue weighted by Crippen LogP contribution is -2.46. The molecule has 0 saturated carbocycles. The molecule has 4 rings (SSSR count). The first-order valence-corrected chi connectivity index (χ1v) is 11.8. The smallest absolute Gasteiger partial charge is 0.293 e. The van der Waals surface area contributed by atoms with Gasteiger partial charge < -0.3 is 14.5 Å². The highest BCUT2D eigenvalue weighted by Gasteiger charge is 2.31. The zero-order valence-corrected chi connectivity index (χ0v) is 18.3. The number of anilines is 2. The number of ether oxygens (including phenoxy) is 1. The van der Waals surface area contributed by atoms with Gasteiger partial charge in [0, 0.05) is 57.1 Å². The molecule has 2 fully saturated rings. The van der Waals surface area contributed by atoms with Crippen molar-refractivity contribution in [2.45, 2.75) is 17.7 Å². The number of hydrogen-bond acceptors (Lipinski definition) is 7. The number of methoxy groups -OCH3 is 1. The number of nitrogens with zero attached hydrogens (tertiary/aromatic N) is 4. The maximum Gasteiger partial charge on any atom is 0.293 e. The topological polar surface area (TPSA) is 96.2 Å². The molecule has 0 atom stereocenters. The highest BCUT2D eigenvalue weighted by molar-refractivity contribution is 7.89. The summed E-state index contributed by atoms with van der Waals surface area (Å²) in [5, 5.41) is 11.8. The van der Waals surface area contributed by atoms with E-state index in [2.05, 4.69) is 4.90 Å². The minimum atomic E-state index is -3.70. The van der Waals surface area contributed by atoms with E-state index in [0.717, 1.165) is 24.3 Å². The van der Waals surface area contributed by atoms with Crippen molar-refractivity contribution >= 4 is 27.1 Å². The maximum atomic E-state index is 12.8. The number of piperazine rings is 1. The Hall–Kier alpha value is -2.85. The van der Waals surface area contributed by atoms with Crippen LogP contribution in [0.5, 0.6) is 5.75 Å². The third-order valence-electron chi connectivity index (χ3n) is 5.89. The van der Waals surface area contributed by atoms with Crippen LogP contribution < -0.4 is 14.5 Å². The van der Waals surface area contributed by atoms with Crippen LogP contribution in [0.25, 0.3) is 0 Å². The van der Waals surface area contributed by atoms with Crippen LogP contribution in [-0.2, 0) is 10.0 Å². The van der Waals surface area contributed by atoms with Gasteiger partial charge in [0.05, 0.1) is 16.9 Å². The number of nitro groups is 1. The third kappa shape index (κ3) is 4.31. The third-order valence-corrected chi connectivity index (χ3v) is 7.78. The fourth-order valence-electron chi connectivity index (χ4n) is 4.17. The Morgan fingerprint density at radius 3 is 2.26 bits per heavy atom. The summed E-state index contributed by atoms with van der Waals surface area (Å²) in [6, 6.07) is 12.1. The molecule has 0 aliphatic carbocycles. The molecule has 0 bridgehead atoms. The molecule has 2 aliphatic heterocycles. The van der Waals surface area contributed by atoms with E-state index < -0.39 is 14.9 Å². The Kier molecular flexibility index (Phi) is 6.01. The van der Waals surface area contributed by atoms with Gasteiger partial charge in [0.1, 0.15) is 11.4 Å². The van der Waals surface area contributed by atoms with Crippen LogP contribution in [-0.4, -0.2) is 64.0 Å². The molecule has 9 nitrogen and oxygen atoms in total. The Labute approximate surface area is 182 Å². The average molecular weight is 447 g/mol. The van der Waals surface area contributed by atoms with E-state index in [-0.39, 0.29) is 10.6 Å². The Bertz CT molecular complexity index is 1060. The van der Waals surface area contributed by atoms with Gasteiger partial charge in [-0.1, -0.05) is 6.07 Å². The highest BCUT2D eigenvalue weighted by atomic mass is 32.2. The molecule has 31 heavy (non-hydrogen) atoms. The predicted molar refractivity (Wildman–Crippen MR) is 119 cm³/mol. The molecule has 166 valence electrons. The van der Waals surface area contributed by atoms with Crippen molar-refractivity contribution in [2.75, 3.05) is 56.2 Å². The second kappa shape index (κ2) is 8.72. The number of nitro benzene ring substituents is 1. The summed E-state index contributed by atoms with van der Waals surface area (Å²) >= 11 is 0. The lowest BCUT2D eigenvalue weighted by atomic mass is 10.2. The van der Waals surface area contributed by atoms with Crippen LogP contribution >= 0.6 is 0 Å². The fourth-order valence-corrected chi connectivity index (χ4v) is 5.71. The zero-order chi connectivity index (χ0) is 22.0. The van der Waals surface area contributed by atoms with Crippen molar-refractivity contribution in [1.82, 2.24) is 4.31 Å². The average Bonchev–Trinajstić information content (AvgIpc) is 3.35. The van der Waals surface area contributed by atoms with Crippen LogP contribution in [0.4, 0.5) is 17.1 Å². The molecule has 0 amide bonds. The molecule has 2 saturated heterocycles. The summed E-state index contributed by atoms with van der Waals surface area (Å²) in [5.41, 5.74) is 1.33. The van der Waals surface area contributed by atoms with Gasteiger partial charge in [-0.2, -0.15) is 4.31 Å². The van der Waals surface area contributed by atoms with Crippen molar-refractivity contribution in [1.29, 1.82) is 0 Å². The molecule has 2 aromatic carbocycles. The molecule has 10 heteroatoms. The van der Waals surface area contributed by atoms with Gasteiger partial charge in [-0.05, 0) is 37.1 Å². The standard InChI is InChI=1S/C21H26N4O5S/c1-30-18-6-4-5-17(15-18)22-11-13-23(14-12-22)20-8-7-19(16-21(20)25(26)27)31(28,29)24-9-2-3-10-24/h4-8,15-16H,2-3,9-14H2,1H3. The fraction of sp³-hybridized carbons (Fsp3) is 0.429. The van der Waals surface area contributed by atoms with Gasteiger partial charge in [-0.15, -0.1) is 0 Å². The summed E-state index contributed by atoms with van der Waals surface area (Å²) in [6.45, 7) is 3.50. The molecular formula is C21H26N4O5S. The minimum Gasteiger partial charge on any atom is -0.497 e. The number of benzene rings is 2. The Morgan fingerprint density at radius 1 is 0.935 bits per heavy atom. The van der Waals surface area contributed by atoms with Gasteiger partial charge in [0.2, 0.25) is 10.0 Å². The summed E-state index contributed by atoms with van der Waals surface area (Å²) < 4.78 is 32.3. The molecule has 0 radical (unpaired) electrons. The molecule has 2 aromatic rings. The summed E-state index contributed by atoms with van der Waals surface area (Å²) in [6.07, 6.45) is 1.63. The predicted octanol–water partition coefficient (Wildman–Crippen LogP) is 2.71. The largest absolute Gasteiger partial charge is 0.497 e. The summed E-state index contributed by atoms with van der Waals surface area (Å²) in [4.78, 5) is 15.4. The normalized spacial score (nSPS) is 17.7. The van der Waals surface area contributed by atoms with Crippen molar-refractivity contribution in [3.8, 4) is 5.75 Å². The van der Waals surface area contributed by atoms with E-state index in [1.165, 1.54) is 16.4 Å². The zero-order valence-electron chi connectivity index (χ0n) is 17.4. The number of rotatable bonds is 6. The SMILES string of the molecule is COc1cccc(N2CCN(c3ccc(S(=O)(=O)N4CCCC4)cc3[N+](=O)[O-])CC2)c1. The number of sulfonamides is 1. The molecular weight excluding hydrogens is 420 g/mol. The van der Waals surface area contributed by atoms with Crippen LogP contribution in [0.1, 0.15) is 12.8 Å². The van der Waals surface area contributed by atoms with E-state index in [1.54, 1.807) is 13.2 Å². The van der Waals surface area contributed by atoms with Gasteiger partial charge in [0.15, 0.2) is 0 Å². The van der Waals surface area contributed by atoms with Gasteiger partial charge in [0.25, 0.3) is 5.69 Å². The summed E-state index contributed by atoms with van der Waals surface area (Å²) in [5.74, 6) is 0.783. The second-order valence-electron chi connectivity index (χ2n) is 7.69. The van der Waals surface area contributed by atoms with Crippen molar-refractivity contribution in [2.24, 2.45) is 0 Å². The van der Waals surface area contributed by atoms with Crippen molar-refractivity contribution in [3.05, 3.63) is 52.6 Å².